The van der Waals surface area contributed by atoms with E-state index in [0.717, 1.165) is 29.7 Å². The number of aryl methyl sites for hydroxylation is 1. The summed E-state index contributed by atoms with van der Waals surface area (Å²) in [5, 5.41) is 12.1. The Morgan fingerprint density at radius 1 is 1.00 bits per heavy atom. The Morgan fingerprint density at radius 3 is 2.41 bits per heavy atom. The summed E-state index contributed by atoms with van der Waals surface area (Å²) in [6.45, 7) is 15.1. The zero-order chi connectivity index (χ0) is 27.3. The highest BCUT2D eigenvalue weighted by atomic mass is 32.2. The predicted octanol–water partition coefficient (Wildman–Crippen LogP) is 6.51. The standard InChI is InChI=1S/C28H45N5O3S/c1-8-9-10-11-12-13-17-36-23-15-14-21(2)19-22(23)32-37(34,35)18-16-28(6,7)26-30-29-25-20-24(27(3,4)5)31-33(25)26/h14-15,19-20,31-32H,8-13,16-18H2,1-7H3. The van der Waals surface area contributed by atoms with E-state index >= 15 is 0 Å². The van der Waals surface area contributed by atoms with Gasteiger partial charge >= 0.3 is 0 Å². The molecule has 0 atom stereocenters. The van der Waals surface area contributed by atoms with E-state index in [-0.39, 0.29) is 11.2 Å². The fourth-order valence-electron chi connectivity index (χ4n) is 4.24. The molecule has 37 heavy (non-hydrogen) atoms. The van der Waals surface area contributed by atoms with Gasteiger partial charge in [-0.1, -0.05) is 79.7 Å². The third kappa shape index (κ3) is 7.97. The van der Waals surface area contributed by atoms with E-state index in [0.29, 0.717) is 30.3 Å². The number of sulfonamides is 1. The van der Waals surface area contributed by atoms with Crippen LogP contribution in [0.15, 0.2) is 24.3 Å². The number of unbranched alkanes of at least 4 members (excludes halogenated alkanes) is 5. The number of rotatable bonds is 14. The molecule has 1 aromatic carbocycles. The number of anilines is 1. The van der Waals surface area contributed by atoms with Crippen LogP contribution in [0.25, 0.3) is 5.65 Å². The molecule has 2 aromatic heterocycles. The van der Waals surface area contributed by atoms with Gasteiger partial charge in [0, 0.05) is 22.6 Å². The first kappa shape index (κ1) is 29.0. The van der Waals surface area contributed by atoms with Crippen molar-refractivity contribution in [1.29, 1.82) is 0 Å². The average Bonchev–Trinajstić information content (AvgIpc) is 3.40. The van der Waals surface area contributed by atoms with Crippen LogP contribution in [0.3, 0.4) is 0 Å². The fraction of sp³-hybridized carbons (Fsp3) is 0.643. The van der Waals surface area contributed by atoms with Crippen LogP contribution in [0.4, 0.5) is 5.69 Å². The molecule has 0 radical (unpaired) electrons. The lowest BCUT2D eigenvalue weighted by molar-refractivity contribution is 0.306. The van der Waals surface area contributed by atoms with E-state index < -0.39 is 15.4 Å². The maximum Gasteiger partial charge on any atom is 0.232 e. The lowest BCUT2D eigenvalue weighted by atomic mass is 9.89. The molecule has 206 valence electrons. The minimum Gasteiger partial charge on any atom is -0.491 e. The summed E-state index contributed by atoms with van der Waals surface area (Å²) in [5.41, 5.74) is 2.68. The van der Waals surface area contributed by atoms with Gasteiger partial charge in [0.25, 0.3) is 0 Å². The first-order valence-electron chi connectivity index (χ1n) is 13.5. The monoisotopic (exact) mass is 531 g/mol. The minimum atomic E-state index is -3.61. The van der Waals surface area contributed by atoms with Crippen molar-refractivity contribution in [1.82, 2.24) is 19.8 Å². The number of benzene rings is 1. The van der Waals surface area contributed by atoms with E-state index in [1.807, 2.05) is 49.6 Å². The molecule has 9 heteroatoms. The number of nitrogens with one attached hydrogen (secondary N) is 2. The predicted molar refractivity (Wildman–Crippen MR) is 151 cm³/mol. The molecule has 0 aliphatic heterocycles. The topological polar surface area (TPSA) is 101 Å². The molecule has 0 saturated heterocycles. The van der Waals surface area contributed by atoms with Crippen LogP contribution in [0, 0.1) is 6.92 Å². The summed E-state index contributed by atoms with van der Waals surface area (Å²) in [7, 11) is -3.61. The zero-order valence-corrected chi connectivity index (χ0v) is 24.5. The van der Waals surface area contributed by atoms with Crippen molar-refractivity contribution >= 4 is 21.4 Å². The van der Waals surface area contributed by atoms with Gasteiger partial charge in [0.15, 0.2) is 11.5 Å². The molecule has 8 nitrogen and oxygen atoms in total. The third-order valence-electron chi connectivity index (χ3n) is 6.76. The molecular weight excluding hydrogens is 486 g/mol. The molecule has 3 rings (SSSR count). The van der Waals surface area contributed by atoms with Crippen LogP contribution in [-0.2, 0) is 20.9 Å². The quantitative estimate of drug-likeness (QED) is 0.231. The first-order chi connectivity index (χ1) is 17.3. The molecule has 2 heterocycles. The Balaban J connectivity index is 1.64. The van der Waals surface area contributed by atoms with Gasteiger partial charge < -0.3 is 4.74 Å². The van der Waals surface area contributed by atoms with Crippen LogP contribution in [0.1, 0.15) is 104 Å². The molecule has 0 saturated carbocycles. The molecular formula is C28H45N5O3S. The Bertz CT molecular complexity index is 1270. The SMILES string of the molecule is CCCCCCCCOc1ccc(C)cc1NS(=O)(=O)CCC(C)(C)c1nnc2cc(C(C)(C)C)[nH]n12. The van der Waals surface area contributed by atoms with E-state index in [1.165, 1.54) is 25.7 Å². The smallest absolute Gasteiger partial charge is 0.232 e. The summed E-state index contributed by atoms with van der Waals surface area (Å²) in [6.07, 6.45) is 7.42. The molecule has 0 aliphatic carbocycles. The minimum absolute atomic E-state index is 0.0490. The highest BCUT2D eigenvalue weighted by Crippen LogP contribution is 2.31. The van der Waals surface area contributed by atoms with E-state index in [2.05, 4.69) is 47.7 Å². The van der Waals surface area contributed by atoms with Gasteiger partial charge in [-0.05, 0) is 37.5 Å². The van der Waals surface area contributed by atoms with Crippen molar-refractivity contribution in [2.24, 2.45) is 0 Å². The number of hydrogen-bond donors (Lipinski definition) is 2. The van der Waals surface area contributed by atoms with Gasteiger partial charge in [-0.2, -0.15) is 0 Å². The molecule has 0 aliphatic rings. The molecule has 0 bridgehead atoms. The number of nitrogens with zero attached hydrogens (tertiary/aromatic N) is 3. The van der Waals surface area contributed by atoms with Crippen molar-refractivity contribution in [2.45, 2.75) is 104 Å². The van der Waals surface area contributed by atoms with Crippen molar-refractivity contribution in [2.75, 3.05) is 17.1 Å². The van der Waals surface area contributed by atoms with Crippen LogP contribution >= 0.6 is 0 Å². The first-order valence-corrected chi connectivity index (χ1v) is 15.2. The van der Waals surface area contributed by atoms with Gasteiger partial charge in [0.1, 0.15) is 5.75 Å². The molecule has 0 amide bonds. The molecule has 3 aromatic rings. The number of aromatic nitrogens is 4. The average molecular weight is 532 g/mol. The van der Waals surface area contributed by atoms with Crippen LogP contribution < -0.4 is 9.46 Å². The number of ether oxygens (including phenoxy) is 1. The molecule has 0 unspecified atom stereocenters. The Morgan fingerprint density at radius 2 is 1.70 bits per heavy atom. The summed E-state index contributed by atoms with van der Waals surface area (Å²) < 4.78 is 36.9. The summed E-state index contributed by atoms with van der Waals surface area (Å²) in [6, 6.07) is 7.61. The summed E-state index contributed by atoms with van der Waals surface area (Å²) in [4.78, 5) is 0. The van der Waals surface area contributed by atoms with Gasteiger partial charge in [0.2, 0.25) is 10.0 Å². The number of fused-ring (bicyclic) bond motifs is 1. The van der Waals surface area contributed by atoms with Gasteiger partial charge in [-0.25, -0.2) is 12.9 Å². The van der Waals surface area contributed by atoms with Crippen LogP contribution in [-0.4, -0.2) is 40.6 Å². The van der Waals surface area contributed by atoms with Crippen molar-refractivity contribution in [3.8, 4) is 5.75 Å². The second-order valence-corrected chi connectivity index (χ2v) is 13.6. The lowest BCUT2D eigenvalue weighted by Crippen LogP contribution is -2.27. The normalized spacial score (nSPS) is 12.8. The van der Waals surface area contributed by atoms with Crippen molar-refractivity contribution in [3.63, 3.8) is 0 Å². The van der Waals surface area contributed by atoms with E-state index in [9.17, 15) is 8.42 Å². The molecule has 0 spiro atoms. The second-order valence-electron chi connectivity index (χ2n) is 11.8. The number of hydrogen-bond acceptors (Lipinski definition) is 5. The molecule has 2 N–H and O–H groups in total. The Kier molecular flexibility index (Phi) is 9.32. The van der Waals surface area contributed by atoms with Crippen molar-refractivity contribution < 1.29 is 13.2 Å². The largest absolute Gasteiger partial charge is 0.491 e. The van der Waals surface area contributed by atoms with Crippen molar-refractivity contribution in [3.05, 3.63) is 41.3 Å². The Labute approximate surface area is 222 Å². The summed E-state index contributed by atoms with van der Waals surface area (Å²) >= 11 is 0. The van der Waals surface area contributed by atoms with E-state index in [4.69, 9.17) is 4.74 Å². The second kappa shape index (κ2) is 11.9. The van der Waals surface area contributed by atoms with Gasteiger partial charge in [-0.3, -0.25) is 9.82 Å². The maximum atomic E-state index is 13.1. The van der Waals surface area contributed by atoms with Crippen LogP contribution in [0.5, 0.6) is 5.75 Å². The maximum absolute atomic E-state index is 13.1. The summed E-state index contributed by atoms with van der Waals surface area (Å²) in [5.74, 6) is 1.24. The van der Waals surface area contributed by atoms with E-state index in [1.54, 1.807) is 0 Å². The zero-order valence-electron chi connectivity index (χ0n) is 23.6. The lowest BCUT2D eigenvalue weighted by Gasteiger charge is -2.23. The van der Waals surface area contributed by atoms with Gasteiger partial charge in [-0.15, -0.1) is 10.2 Å². The van der Waals surface area contributed by atoms with Gasteiger partial charge in [0.05, 0.1) is 18.0 Å². The highest BCUT2D eigenvalue weighted by Gasteiger charge is 2.31. The third-order valence-corrected chi connectivity index (χ3v) is 8.03. The molecule has 0 fully saturated rings. The number of H-pyrrole nitrogens is 1. The number of aromatic amines is 1. The Hall–Kier alpha value is -2.55. The fourth-order valence-corrected chi connectivity index (χ4v) is 5.61. The highest BCUT2D eigenvalue weighted by molar-refractivity contribution is 7.92. The van der Waals surface area contributed by atoms with Crippen LogP contribution in [0.2, 0.25) is 0 Å².